The molecule has 0 saturated carbocycles. The topological polar surface area (TPSA) is 94.5 Å². The second-order valence-corrected chi connectivity index (χ2v) is 7.93. The Morgan fingerprint density at radius 2 is 1.76 bits per heavy atom. The van der Waals surface area contributed by atoms with E-state index < -0.39 is 17.7 Å². The van der Waals surface area contributed by atoms with E-state index in [2.05, 4.69) is 0 Å². The van der Waals surface area contributed by atoms with Crippen LogP contribution in [0.4, 0.5) is 0 Å². The Balaban J connectivity index is 1.83. The number of Topliss-reactive ketones (excluding diaryl/α,β-unsaturated/α-hetero) is 1. The lowest BCUT2D eigenvalue weighted by molar-refractivity contribution is -0.140. The Labute approximate surface area is 192 Å². The molecule has 0 aromatic heterocycles. The molecule has 2 aromatic carbocycles. The molecule has 2 aliphatic heterocycles. The number of aliphatic hydroxyl groups is 1. The van der Waals surface area contributed by atoms with Crippen LogP contribution in [0.5, 0.6) is 17.2 Å². The Morgan fingerprint density at radius 1 is 1.03 bits per heavy atom. The van der Waals surface area contributed by atoms with Gasteiger partial charge in [0, 0.05) is 18.7 Å². The minimum absolute atomic E-state index is 0.0235. The molecule has 4 rings (SSSR count). The minimum atomic E-state index is -0.795. The van der Waals surface area contributed by atoms with E-state index in [1.807, 2.05) is 0 Å². The number of ether oxygens (including phenoxy) is 4. The molecule has 8 heteroatoms. The summed E-state index contributed by atoms with van der Waals surface area (Å²) < 4.78 is 21.7. The number of amides is 1. The van der Waals surface area contributed by atoms with Crippen LogP contribution >= 0.6 is 0 Å². The van der Waals surface area contributed by atoms with Crippen LogP contribution in [-0.2, 0) is 14.3 Å². The van der Waals surface area contributed by atoms with Crippen LogP contribution in [0.3, 0.4) is 0 Å². The first-order valence-electron chi connectivity index (χ1n) is 10.7. The normalized spacial score (nSPS) is 22.0. The average molecular weight is 453 g/mol. The van der Waals surface area contributed by atoms with Crippen molar-refractivity contribution < 1.29 is 33.6 Å². The van der Waals surface area contributed by atoms with Crippen molar-refractivity contribution in [1.82, 2.24) is 4.90 Å². The molecule has 0 radical (unpaired) electrons. The monoisotopic (exact) mass is 453 g/mol. The second kappa shape index (κ2) is 9.54. The summed E-state index contributed by atoms with van der Waals surface area (Å²) in [4.78, 5) is 27.7. The zero-order chi connectivity index (χ0) is 23.5. The van der Waals surface area contributed by atoms with Crippen LogP contribution in [0.15, 0.2) is 48.0 Å². The highest BCUT2D eigenvalue weighted by molar-refractivity contribution is 6.46. The van der Waals surface area contributed by atoms with E-state index in [4.69, 9.17) is 18.9 Å². The molecule has 2 heterocycles. The minimum Gasteiger partial charge on any atom is -0.507 e. The predicted octanol–water partition coefficient (Wildman–Crippen LogP) is 3.31. The Bertz CT molecular complexity index is 1070. The standard InChI is InChI=1S/C25H27NO7/c1-30-17-9-6-15(7-10-17)23(27)21-22(16-8-11-19(31-2)20(13-16)32-3)26(25(29)24(21)28)14-18-5-4-12-33-18/h6-11,13,18,22,27H,4-5,12,14H2,1-3H3/b23-21+/t18-,22+/m0/s1. The van der Waals surface area contributed by atoms with E-state index in [9.17, 15) is 14.7 Å². The van der Waals surface area contributed by atoms with Crippen molar-refractivity contribution in [3.05, 3.63) is 59.2 Å². The van der Waals surface area contributed by atoms with E-state index in [0.717, 1.165) is 12.8 Å². The van der Waals surface area contributed by atoms with Crippen molar-refractivity contribution in [2.75, 3.05) is 34.5 Å². The van der Waals surface area contributed by atoms with E-state index in [1.165, 1.54) is 19.1 Å². The highest BCUT2D eigenvalue weighted by Crippen LogP contribution is 2.42. The van der Waals surface area contributed by atoms with Crippen LogP contribution in [0, 0.1) is 0 Å². The summed E-state index contributed by atoms with van der Waals surface area (Å²) >= 11 is 0. The van der Waals surface area contributed by atoms with Gasteiger partial charge in [-0.05, 0) is 54.8 Å². The molecule has 0 spiro atoms. The summed E-state index contributed by atoms with van der Waals surface area (Å²) in [5.41, 5.74) is 1.06. The number of ketones is 1. The summed E-state index contributed by atoms with van der Waals surface area (Å²) in [7, 11) is 4.59. The summed E-state index contributed by atoms with van der Waals surface area (Å²) in [6.45, 7) is 0.879. The molecule has 2 atom stereocenters. The van der Waals surface area contributed by atoms with Crippen molar-refractivity contribution in [2.24, 2.45) is 0 Å². The van der Waals surface area contributed by atoms with Gasteiger partial charge in [0.15, 0.2) is 11.5 Å². The fourth-order valence-electron chi connectivity index (χ4n) is 4.35. The first-order valence-corrected chi connectivity index (χ1v) is 10.7. The molecular formula is C25H27NO7. The Kier molecular flexibility index (Phi) is 6.55. The van der Waals surface area contributed by atoms with Gasteiger partial charge in [-0.15, -0.1) is 0 Å². The van der Waals surface area contributed by atoms with Crippen LogP contribution in [0.25, 0.3) is 5.76 Å². The molecule has 2 aliphatic rings. The number of methoxy groups -OCH3 is 3. The number of rotatable bonds is 7. The van der Waals surface area contributed by atoms with Gasteiger partial charge in [0.1, 0.15) is 11.5 Å². The number of likely N-dealkylation sites (tertiary alicyclic amines) is 1. The van der Waals surface area contributed by atoms with Gasteiger partial charge in [-0.3, -0.25) is 9.59 Å². The van der Waals surface area contributed by atoms with E-state index in [1.54, 1.807) is 49.6 Å². The van der Waals surface area contributed by atoms with E-state index >= 15 is 0 Å². The lowest BCUT2D eigenvalue weighted by Crippen LogP contribution is -2.36. The third kappa shape index (κ3) is 4.26. The number of nitrogens with zero attached hydrogens (tertiary/aromatic N) is 1. The zero-order valence-corrected chi connectivity index (χ0v) is 18.9. The summed E-state index contributed by atoms with van der Waals surface area (Å²) in [6, 6.07) is 11.1. The van der Waals surface area contributed by atoms with Crippen molar-refractivity contribution in [3.63, 3.8) is 0 Å². The summed E-state index contributed by atoms with van der Waals surface area (Å²) in [6.07, 6.45) is 1.55. The first-order chi connectivity index (χ1) is 16.0. The molecule has 2 fully saturated rings. The highest BCUT2D eigenvalue weighted by Gasteiger charge is 2.47. The third-order valence-electron chi connectivity index (χ3n) is 6.05. The van der Waals surface area contributed by atoms with Crippen molar-refractivity contribution >= 4 is 17.4 Å². The number of benzene rings is 2. The van der Waals surface area contributed by atoms with Crippen molar-refractivity contribution in [1.29, 1.82) is 0 Å². The van der Waals surface area contributed by atoms with Gasteiger partial charge in [0.05, 0.1) is 39.0 Å². The molecule has 0 bridgehead atoms. The number of carbonyl (C=O) groups excluding carboxylic acids is 2. The van der Waals surface area contributed by atoms with Crippen LogP contribution in [0.1, 0.15) is 30.0 Å². The molecule has 0 aliphatic carbocycles. The van der Waals surface area contributed by atoms with Gasteiger partial charge in [-0.2, -0.15) is 0 Å². The molecule has 8 nitrogen and oxygen atoms in total. The van der Waals surface area contributed by atoms with Gasteiger partial charge in [0.25, 0.3) is 11.7 Å². The molecule has 174 valence electrons. The SMILES string of the molecule is COc1ccc(/C(O)=C2\C(=O)C(=O)N(C[C@@H]3CCCO3)[C@@H]2c2ccc(OC)c(OC)c2)cc1. The Morgan fingerprint density at radius 3 is 2.36 bits per heavy atom. The molecule has 0 unspecified atom stereocenters. The van der Waals surface area contributed by atoms with Gasteiger partial charge >= 0.3 is 0 Å². The maximum atomic E-state index is 13.2. The summed E-state index contributed by atoms with van der Waals surface area (Å²) in [5.74, 6) is -0.0523. The van der Waals surface area contributed by atoms with E-state index in [0.29, 0.717) is 35.0 Å². The maximum Gasteiger partial charge on any atom is 0.295 e. The molecule has 1 amide bonds. The van der Waals surface area contributed by atoms with Crippen molar-refractivity contribution in [3.8, 4) is 17.2 Å². The Hall–Kier alpha value is -3.52. The smallest absolute Gasteiger partial charge is 0.295 e. The molecule has 33 heavy (non-hydrogen) atoms. The van der Waals surface area contributed by atoms with Crippen molar-refractivity contribution in [2.45, 2.75) is 25.0 Å². The van der Waals surface area contributed by atoms with Gasteiger partial charge in [-0.25, -0.2) is 0 Å². The average Bonchev–Trinajstić information content (AvgIpc) is 3.45. The number of hydrogen-bond acceptors (Lipinski definition) is 7. The zero-order valence-electron chi connectivity index (χ0n) is 18.9. The fourth-order valence-corrected chi connectivity index (χ4v) is 4.35. The van der Waals surface area contributed by atoms with Gasteiger partial charge in [0.2, 0.25) is 0 Å². The quantitative estimate of drug-likeness (QED) is 0.390. The van der Waals surface area contributed by atoms with Gasteiger partial charge in [-0.1, -0.05) is 6.07 Å². The van der Waals surface area contributed by atoms with E-state index in [-0.39, 0.29) is 24.0 Å². The molecular weight excluding hydrogens is 426 g/mol. The molecule has 2 saturated heterocycles. The molecule has 2 aromatic rings. The predicted molar refractivity (Wildman–Crippen MR) is 121 cm³/mol. The maximum absolute atomic E-state index is 13.2. The van der Waals surface area contributed by atoms with Crippen LogP contribution < -0.4 is 14.2 Å². The second-order valence-electron chi connectivity index (χ2n) is 7.93. The lowest BCUT2D eigenvalue weighted by Gasteiger charge is -2.28. The number of carbonyl (C=O) groups is 2. The van der Waals surface area contributed by atoms with Crippen LogP contribution in [-0.4, -0.2) is 62.3 Å². The summed E-state index contributed by atoms with van der Waals surface area (Å²) in [5, 5.41) is 11.2. The van der Waals surface area contributed by atoms with Crippen LogP contribution in [0.2, 0.25) is 0 Å². The largest absolute Gasteiger partial charge is 0.507 e. The lowest BCUT2D eigenvalue weighted by atomic mass is 9.94. The number of aliphatic hydroxyl groups excluding tert-OH is 1. The number of hydrogen-bond donors (Lipinski definition) is 1. The fraction of sp³-hybridized carbons (Fsp3) is 0.360. The first kappa shape index (κ1) is 22.7. The highest BCUT2D eigenvalue weighted by atomic mass is 16.5. The third-order valence-corrected chi connectivity index (χ3v) is 6.05. The van der Waals surface area contributed by atoms with Gasteiger partial charge < -0.3 is 29.0 Å². The molecule has 1 N–H and O–H groups in total.